The van der Waals surface area contributed by atoms with Gasteiger partial charge in [-0.1, -0.05) is 28.1 Å². The molecule has 3 aromatic carbocycles. The molecular weight excluding hydrogens is 406 g/mol. The minimum Gasteiger partial charge on any atom is -0.507 e. The van der Waals surface area contributed by atoms with Crippen LogP contribution >= 0.6 is 15.9 Å². The maximum absolute atomic E-state index is 13.4. The number of aromatic amines is 1. The molecule has 2 heterocycles. The Morgan fingerprint density at radius 2 is 1.93 bits per heavy atom. The summed E-state index contributed by atoms with van der Waals surface area (Å²) < 4.78 is 6.92. The Morgan fingerprint density at radius 1 is 1.11 bits per heavy atom. The highest BCUT2D eigenvalue weighted by Crippen LogP contribution is 2.39. The maximum Gasteiger partial charge on any atom is 0.201 e. The van der Waals surface area contributed by atoms with Gasteiger partial charge in [0.05, 0.1) is 21.8 Å². The third-order valence-electron chi connectivity index (χ3n) is 5.03. The predicted octanol–water partition coefficient (Wildman–Crippen LogP) is 5.49. The van der Waals surface area contributed by atoms with Crippen LogP contribution in [0.1, 0.15) is 19.4 Å². The molecule has 2 N–H and O–H groups in total. The Kier molecular flexibility index (Phi) is 3.25. The second-order valence-corrected chi connectivity index (χ2v) is 8.32. The minimum absolute atomic E-state index is 0.0767. The topological polar surface area (TPSA) is 62.3 Å². The standard InChI is InChI=1S/C22H16BrNO3/c1-22(2)8-7-14-17(27-22)10-16(25)19-20(14)24-15-6-3-11-9-12(23)4-5-13(11)18(15)21(19)26/h3-10,25H,1-2H3,(H,24,26). The fourth-order valence-corrected chi connectivity index (χ4v) is 4.16. The van der Waals surface area contributed by atoms with Crippen LogP contribution in [-0.4, -0.2) is 15.7 Å². The normalized spacial score (nSPS) is 15.2. The highest BCUT2D eigenvalue weighted by Gasteiger charge is 2.25. The van der Waals surface area contributed by atoms with Crippen molar-refractivity contribution in [3.8, 4) is 11.5 Å². The van der Waals surface area contributed by atoms with Crippen molar-refractivity contribution in [3.05, 3.63) is 62.7 Å². The van der Waals surface area contributed by atoms with Crippen LogP contribution in [-0.2, 0) is 0 Å². The Hall–Kier alpha value is -2.79. The third-order valence-corrected chi connectivity index (χ3v) is 5.52. The SMILES string of the molecule is CC1(C)C=Cc2c(cc(O)c3c(=O)c4c(ccc5cc(Br)ccc54)[nH]c23)O1. The van der Waals surface area contributed by atoms with Gasteiger partial charge in [0, 0.05) is 16.1 Å². The van der Waals surface area contributed by atoms with Crippen molar-refractivity contribution < 1.29 is 9.84 Å². The van der Waals surface area contributed by atoms with Gasteiger partial charge in [0.2, 0.25) is 5.43 Å². The van der Waals surface area contributed by atoms with Gasteiger partial charge in [0.25, 0.3) is 0 Å². The monoisotopic (exact) mass is 421 g/mol. The second kappa shape index (κ2) is 5.36. The molecule has 0 atom stereocenters. The summed E-state index contributed by atoms with van der Waals surface area (Å²) in [5.74, 6) is 0.485. The van der Waals surface area contributed by atoms with Crippen molar-refractivity contribution in [2.45, 2.75) is 19.4 Å². The van der Waals surface area contributed by atoms with Crippen molar-refractivity contribution >= 4 is 54.6 Å². The molecule has 1 aromatic heterocycles. The lowest BCUT2D eigenvalue weighted by Gasteiger charge is -2.28. The van der Waals surface area contributed by atoms with Crippen LogP contribution in [0, 0.1) is 0 Å². The van der Waals surface area contributed by atoms with E-state index in [2.05, 4.69) is 20.9 Å². The number of phenolic OH excluding ortho intramolecular Hbond substituents is 1. The largest absolute Gasteiger partial charge is 0.507 e. The van der Waals surface area contributed by atoms with E-state index < -0.39 is 5.60 Å². The van der Waals surface area contributed by atoms with Gasteiger partial charge in [-0.15, -0.1) is 0 Å². The zero-order chi connectivity index (χ0) is 18.9. The number of pyridine rings is 1. The highest BCUT2D eigenvalue weighted by atomic mass is 79.9. The summed E-state index contributed by atoms with van der Waals surface area (Å²) in [6.07, 6.45) is 3.90. The molecule has 5 heteroatoms. The summed E-state index contributed by atoms with van der Waals surface area (Å²) >= 11 is 3.47. The molecule has 0 aliphatic carbocycles. The molecule has 0 spiro atoms. The molecule has 0 saturated heterocycles. The number of H-pyrrole nitrogens is 1. The van der Waals surface area contributed by atoms with Crippen LogP contribution in [0.2, 0.25) is 0 Å². The molecule has 0 fully saturated rings. The van der Waals surface area contributed by atoms with E-state index in [-0.39, 0.29) is 16.6 Å². The Labute approximate surface area is 163 Å². The summed E-state index contributed by atoms with van der Waals surface area (Å²) in [4.78, 5) is 16.7. The minimum atomic E-state index is -0.464. The number of rotatable bonds is 0. The van der Waals surface area contributed by atoms with Gasteiger partial charge in [-0.05, 0) is 55.0 Å². The lowest BCUT2D eigenvalue weighted by molar-refractivity contribution is 0.159. The van der Waals surface area contributed by atoms with Gasteiger partial charge in [-0.25, -0.2) is 0 Å². The Morgan fingerprint density at radius 3 is 2.74 bits per heavy atom. The molecule has 0 bridgehead atoms. The number of benzene rings is 3. The number of fused-ring (bicyclic) bond motifs is 6. The van der Waals surface area contributed by atoms with Crippen LogP contribution < -0.4 is 10.2 Å². The molecule has 0 saturated carbocycles. The van der Waals surface area contributed by atoms with Gasteiger partial charge < -0.3 is 14.8 Å². The third kappa shape index (κ3) is 2.38. The molecule has 1 aliphatic heterocycles. The van der Waals surface area contributed by atoms with Gasteiger partial charge in [-0.3, -0.25) is 4.79 Å². The van der Waals surface area contributed by atoms with Crippen LogP contribution in [0.3, 0.4) is 0 Å². The predicted molar refractivity (Wildman–Crippen MR) is 113 cm³/mol. The van der Waals surface area contributed by atoms with E-state index in [0.29, 0.717) is 16.7 Å². The number of aromatic hydroxyl groups is 1. The molecule has 27 heavy (non-hydrogen) atoms. The Balaban J connectivity index is 1.97. The number of phenols is 1. The van der Waals surface area contributed by atoms with Crippen molar-refractivity contribution in [1.29, 1.82) is 0 Å². The lowest BCUT2D eigenvalue weighted by atomic mass is 9.97. The molecule has 134 valence electrons. The van der Waals surface area contributed by atoms with Crippen molar-refractivity contribution in [3.63, 3.8) is 0 Å². The van der Waals surface area contributed by atoms with Crippen LogP contribution in [0.4, 0.5) is 0 Å². The van der Waals surface area contributed by atoms with Crippen LogP contribution in [0.15, 0.2) is 51.7 Å². The first-order valence-electron chi connectivity index (χ1n) is 8.66. The molecule has 0 amide bonds. The Bertz CT molecular complexity index is 1370. The molecule has 0 unspecified atom stereocenters. The number of hydrogen-bond donors (Lipinski definition) is 2. The fraction of sp³-hybridized carbons (Fsp3) is 0.136. The van der Waals surface area contributed by atoms with Gasteiger partial charge in [0.15, 0.2) is 0 Å². The molecule has 1 aliphatic rings. The number of halogens is 1. The number of nitrogens with one attached hydrogen (secondary N) is 1. The number of ether oxygens (including phenoxy) is 1. The van der Waals surface area contributed by atoms with E-state index in [0.717, 1.165) is 26.3 Å². The molecule has 4 aromatic rings. The summed E-state index contributed by atoms with van der Waals surface area (Å²) in [5, 5.41) is 13.3. The fourth-order valence-electron chi connectivity index (χ4n) is 3.78. The smallest absolute Gasteiger partial charge is 0.201 e. The van der Waals surface area contributed by atoms with E-state index >= 15 is 0 Å². The zero-order valence-corrected chi connectivity index (χ0v) is 16.3. The average molecular weight is 422 g/mol. The quantitative estimate of drug-likeness (QED) is 0.291. The van der Waals surface area contributed by atoms with E-state index in [1.54, 1.807) is 0 Å². The lowest BCUT2D eigenvalue weighted by Crippen LogP contribution is -2.27. The number of aromatic nitrogens is 1. The molecule has 0 radical (unpaired) electrons. The van der Waals surface area contributed by atoms with Crippen molar-refractivity contribution in [2.24, 2.45) is 0 Å². The van der Waals surface area contributed by atoms with Crippen LogP contribution in [0.5, 0.6) is 11.5 Å². The van der Waals surface area contributed by atoms with E-state index in [4.69, 9.17) is 4.74 Å². The summed E-state index contributed by atoms with van der Waals surface area (Å²) in [7, 11) is 0. The van der Waals surface area contributed by atoms with Gasteiger partial charge in [-0.2, -0.15) is 0 Å². The second-order valence-electron chi connectivity index (χ2n) is 7.40. The van der Waals surface area contributed by atoms with E-state index in [1.165, 1.54) is 6.07 Å². The first-order chi connectivity index (χ1) is 12.8. The number of hydrogen-bond acceptors (Lipinski definition) is 3. The van der Waals surface area contributed by atoms with Crippen molar-refractivity contribution in [1.82, 2.24) is 4.98 Å². The van der Waals surface area contributed by atoms with Crippen molar-refractivity contribution in [2.75, 3.05) is 0 Å². The van der Waals surface area contributed by atoms with E-state index in [1.807, 2.05) is 56.3 Å². The highest BCUT2D eigenvalue weighted by molar-refractivity contribution is 9.10. The first-order valence-corrected chi connectivity index (χ1v) is 9.45. The molecule has 5 rings (SSSR count). The zero-order valence-electron chi connectivity index (χ0n) is 14.8. The summed E-state index contributed by atoms with van der Waals surface area (Å²) in [5.41, 5.74) is 1.44. The summed E-state index contributed by atoms with van der Waals surface area (Å²) in [6, 6.07) is 11.2. The van der Waals surface area contributed by atoms with E-state index in [9.17, 15) is 9.90 Å². The summed E-state index contributed by atoms with van der Waals surface area (Å²) in [6.45, 7) is 3.89. The average Bonchev–Trinajstić information content (AvgIpc) is 2.60. The van der Waals surface area contributed by atoms with Crippen LogP contribution in [0.25, 0.3) is 38.7 Å². The van der Waals surface area contributed by atoms with Gasteiger partial charge >= 0.3 is 0 Å². The maximum atomic E-state index is 13.4. The van der Waals surface area contributed by atoms with Gasteiger partial charge in [0.1, 0.15) is 17.1 Å². The molecular formula is C22H16BrNO3. The first kappa shape index (κ1) is 16.4. The molecule has 4 nitrogen and oxygen atoms in total.